The molecule has 1 aromatic rings. The van der Waals surface area contributed by atoms with Crippen LogP contribution in [0.2, 0.25) is 0 Å². The second-order valence-electron chi connectivity index (χ2n) is 4.66. The first-order valence-corrected chi connectivity index (χ1v) is 5.99. The normalized spacial score (nSPS) is 14.8. The minimum Gasteiger partial charge on any atom is -0.478 e. The van der Waals surface area contributed by atoms with E-state index in [0.29, 0.717) is 11.3 Å². The van der Waals surface area contributed by atoms with Crippen molar-refractivity contribution in [3.05, 3.63) is 42.0 Å². The van der Waals surface area contributed by atoms with Gasteiger partial charge in [0.05, 0.1) is 12.1 Å². The van der Waals surface area contributed by atoms with Gasteiger partial charge >= 0.3 is 12.0 Å². The van der Waals surface area contributed by atoms with Gasteiger partial charge in [0.15, 0.2) is 0 Å². The lowest BCUT2D eigenvalue weighted by molar-refractivity contribution is -0.124. The molecule has 1 N–H and O–H groups in total. The smallest absolute Gasteiger partial charge is 0.335 e. The molecule has 1 heterocycles. The van der Waals surface area contributed by atoms with Crippen molar-refractivity contribution in [1.82, 2.24) is 4.90 Å². The van der Waals surface area contributed by atoms with Crippen LogP contribution in [0.15, 0.2) is 36.4 Å². The SMILES string of the molecule is C=C(C)CN1C(=O)CN(c2cccc(C(=O)O)c2)C1=O. The number of urea groups is 1. The molecule has 0 radical (unpaired) electrons. The summed E-state index contributed by atoms with van der Waals surface area (Å²) >= 11 is 0. The lowest BCUT2D eigenvalue weighted by Gasteiger charge is -2.17. The number of aromatic carboxylic acids is 1. The summed E-state index contributed by atoms with van der Waals surface area (Å²) in [4.78, 5) is 37.3. The lowest BCUT2D eigenvalue weighted by atomic mass is 10.2. The quantitative estimate of drug-likeness (QED) is 0.670. The number of carboxylic acids is 1. The Bertz CT molecular complexity index is 609. The first-order chi connectivity index (χ1) is 9.40. The summed E-state index contributed by atoms with van der Waals surface area (Å²) < 4.78 is 0. The van der Waals surface area contributed by atoms with Crippen LogP contribution >= 0.6 is 0 Å². The van der Waals surface area contributed by atoms with Gasteiger partial charge in [-0.3, -0.25) is 14.6 Å². The van der Waals surface area contributed by atoms with Gasteiger partial charge in [0, 0.05) is 5.69 Å². The van der Waals surface area contributed by atoms with Crippen molar-refractivity contribution in [2.75, 3.05) is 18.0 Å². The van der Waals surface area contributed by atoms with E-state index in [-0.39, 0.29) is 24.6 Å². The van der Waals surface area contributed by atoms with Crippen molar-refractivity contribution >= 4 is 23.6 Å². The molecule has 1 aliphatic rings. The van der Waals surface area contributed by atoms with Crippen LogP contribution in [0.3, 0.4) is 0 Å². The second-order valence-corrected chi connectivity index (χ2v) is 4.66. The van der Waals surface area contributed by atoms with Crippen LogP contribution in [0, 0.1) is 0 Å². The molecule has 2 rings (SSSR count). The molecule has 0 unspecified atom stereocenters. The predicted octanol–water partition coefficient (Wildman–Crippen LogP) is 1.73. The maximum absolute atomic E-state index is 12.2. The fourth-order valence-electron chi connectivity index (χ4n) is 1.97. The predicted molar refractivity (Wildman–Crippen MR) is 72.7 cm³/mol. The van der Waals surface area contributed by atoms with Gasteiger partial charge in [-0.05, 0) is 25.1 Å². The monoisotopic (exact) mass is 274 g/mol. The molecule has 1 fully saturated rings. The molecule has 1 saturated heterocycles. The third-order valence-electron chi connectivity index (χ3n) is 2.89. The molecule has 104 valence electrons. The number of carbonyl (C=O) groups is 3. The fraction of sp³-hybridized carbons (Fsp3) is 0.214. The summed E-state index contributed by atoms with van der Waals surface area (Å²) in [5.41, 5.74) is 1.17. The van der Waals surface area contributed by atoms with E-state index >= 15 is 0 Å². The summed E-state index contributed by atoms with van der Waals surface area (Å²) in [6, 6.07) is 5.48. The largest absolute Gasteiger partial charge is 0.478 e. The number of carbonyl (C=O) groups excluding carboxylic acids is 2. The number of hydrogen-bond donors (Lipinski definition) is 1. The van der Waals surface area contributed by atoms with Crippen LogP contribution in [0.5, 0.6) is 0 Å². The summed E-state index contributed by atoms with van der Waals surface area (Å²) in [7, 11) is 0. The standard InChI is InChI=1S/C14H14N2O4/c1-9(2)7-16-12(17)8-15(14(16)20)11-5-3-4-10(6-11)13(18)19/h3-6H,1,7-8H2,2H3,(H,18,19). The maximum atomic E-state index is 12.2. The van der Waals surface area contributed by atoms with Gasteiger partial charge < -0.3 is 5.11 Å². The Hall–Kier alpha value is -2.63. The highest BCUT2D eigenvalue weighted by Gasteiger charge is 2.36. The molecule has 3 amide bonds. The van der Waals surface area contributed by atoms with E-state index in [9.17, 15) is 14.4 Å². The Balaban J connectivity index is 2.28. The van der Waals surface area contributed by atoms with Gasteiger partial charge in [0.1, 0.15) is 6.54 Å². The zero-order valence-corrected chi connectivity index (χ0v) is 11.0. The van der Waals surface area contributed by atoms with E-state index < -0.39 is 12.0 Å². The molecule has 6 heteroatoms. The van der Waals surface area contributed by atoms with E-state index in [2.05, 4.69) is 6.58 Å². The average Bonchev–Trinajstić information content (AvgIpc) is 2.66. The average molecular weight is 274 g/mol. The molecule has 6 nitrogen and oxygen atoms in total. The lowest BCUT2D eigenvalue weighted by Crippen LogP contribution is -2.34. The summed E-state index contributed by atoms with van der Waals surface area (Å²) in [5.74, 6) is -1.40. The number of anilines is 1. The topological polar surface area (TPSA) is 77.9 Å². The van der Waals surface area contributed by atoms with Crippen molar-refractivity contribution in [3.63, 3.8) is 0 Å². The summed E-state index contributed by atoms with van der Waals surface area (Å²) in [5, 5.41) is 8.95. The Morgan fingerprint density at radius 2 is 2.10 bits per heavy atom. The van der Waals surface area contributed by atoms with E-state index in [0.717, 1.165) is 4.90 Å². The van der Waals surface area contributed by atoms with Gasteiger partial charge in [-0.1, -0.05) is 18.2 Å². The number of nitrogens with zero attached hydrogens (tertiary/aromatic N) is 2. The Morgan fingerprint density at radius 3 is 2.70 bits per heavy atom. The molecule has 1 aliphatic heterocycles. The highest BCUT2D eigenvalue weighted by atomic mass is 16.4. The number of amides is 3. The van der Waals surface area contributed by atoms with Crippen LogP contribution in [0.4, 0.5) is 10.5 Å². The molecule has 0 aromatic heterocycles. The molecule has 0 spiro atoms. The zero-order valence-electron chi connectivity index (χ0n) is 11.0. The van der Waals surface area contributed by atoms with Gasteiger partial charge in [-0.2, -0.15) is 0 Å². The van der Waals surface area contributed by atoms with Gasteiger partial charge in [0.2, 0.25) is 0 Å². The van der Waals surface area contributed by atoms with Crippen LogP contribution in [-0.4, -0.2) is 41.0 Å². The second kappa shape index (κ2) is 5.16. The van der Waals surface area contributed by atoms with Crippen LogP contribution in [0.25, 0.3) is 0 Å². The molecule has 0 aliphatic carbocycles. The number of benzene rings is 1. The Morgan fingerprint density at radius 1 is 1.40 bits per heavy atom. The van der Waals surface area contributed by atoms with Crippen LogP contribution in [0.1, 0.15) is 17.3 Å². The minimum absolute atomic E-state index is 0.0705. The number of imide groups is 1. The first kappa shape index (κ1) is 13.8. The first-order valence-electron chi connectivity index (χ1n) is 5.99. The third-order valence-corrected chi connectivity index (χ3v) is 2.89. The zero-order chi connectivity index (χ0) is 14.9. The molecule has 0 saturated carbocycles. The number of rotatable bonds is 4. The van der Waals surface area contributed by atoms with Crippen molar-refractivity contribution in [1.29, 1.82) is 0 Å². The van der Waals surface area contributed by atoms with Crippen molar-refractivity contribution in [2.45, 2.75) is 6.92 Å². The van der Waals surface area contributed by atoms with E-state index in [1.807, 2.05) is 0 Å². The molecule has 0 atom stereocenters. The highest BCUT2D eigenvalue weighted by Crippen LogP contribution is 2.22. The summed E-state index contributed by atoms with van der Waals surface area (Å²) in [6.45, 7) is 5.50. The van der Waals surface area contributed by atoms with E-state index in [1.165, 1.54) is 23.1 Å². The van der Waals surface area contributed by atoms with E-state index in [4.69, 9.17) is 5.11 Å². The van der Waals surface area contributed by atoms with Gasteiger partial charge in [-0.25, -0.2) is 9.59 Å². The minimum atomic E-state index is -1.08. The highest BCUT2D eigenvalue weighted by molar-refractivity contribution is 6.12. The third kappa shape index (κ3) is 2.54. The molecular weight excluding hydrogens is 260 g/mol. The molecular formula is C14H14N2O4. The van der Waals surface area contributed by atoms with Crippen molar-refractivity contribution in [3.8, 4) is 0 Å². The number of hydrogen-bond acceptors (Lipinski definition) is 3. The van der Waals surface area contributed by atoms with Crippen molar-refractivity contribution < 1.29 is 19.5 Å². The molecule has 1 aromatic carbocycles. The van der Waals surface area contributed by atoms with E-state index in [1.54, 1.807) is 13.0 Å². The van der Waals surface area contributed by atoms with Crippen molar-refractivity contribution in [2.24, 2.45) is 0 Å². The number of carboxylic acid groups (broad SMARTS) is 1. The maximum Gasteiger partial charge on any atom is 0.335 e. The van der Waals surface area contributed by atoms with Gasteiger partial charge in [0.25, 0.3) is 5.91 Å². The molecule has 0 bridgehead atoms. The van der Waals surface area contributed by atoms with Crippen LogP contribution < -0.4 is 4.90 Å². The Labute approximate surface area is 115 Å². The van der Waals surface area contributed by atoms with Gasteiger partial charge in [-0.15, -0.1) is 0 Å². The fourth-order valence-corrected chi connectivity index (χ4v) is 1.97. The summed E-state index contributed by atoms with van der Waals surface area (Å²) in [6.07, 6.45) is 0. The molecule has 20 heavy (non-hydrogen) atoms. The Kier molecular flexibility index (Phi) is 3.56. The van der Waals surface area contributed by atoms with Crippen LogP contribution in [-0.2, 0) is 4.79 Å².